The van der Waals surface area contributed by atoms with E-state index < -0.39 is 10.8 Å². The molecule has 0 N–H and O–H groups in total. The molecule has 0 aliphatic carbocycles. The molecule has 0 aliphatic rings. The first-order valence-corrected chi connectivity index (χ1v) is 7.43. The smallest absolute Gasteiger partial charge is 0.145 e. The normalized spacial score (nSPS) is 12.6. The molecule has 1 aromatic heterocycles. The maximum absolute atomic E-state index is 12.0. The summed E-state index contributed by atoms with van der Waals surface area (Å²) in [5.41, 5.74) is 0.710. The molecule has 0 saturated heterocycles. The SMILES string of the molecule is Cn1cnnc1C[S@](=O)Cc1c(Cl)cccc1Cl. The molecular formula is C11H11Cl2N3OS. The van der Waals surface area contributed by atoms with E-state index in [1.54, 1.807) is 29.1 Å². The van der Waals surface area contributed by atoms with Crippen molar-refractivity contribution in [1.29, 1.82) is 0 Å². The molecule has 0 saturated carbocycles. The van der Waals surface area contributed by atoms with Crippen molar-refractivity contribution in [1.82, 2.24) is 14.8 Å². The standard InChI is InChI=1S/C11H11Cl2N3OS/c1-16-7-14-15-11(16)6-18(17)5-8-9(12)3-2-4-10(8)13/h2-4,7H,5-6H2,1H3/t18-/m1/s1. The van der Waals surface area contributed by atoms with E-state index in [0.29, 0.717) is 32.9 Å². The van der Waals surface area contributed by atoms with Gasteiger partial charge in [0.1, 0.15) is 12.2 Å². The predicted octanol–water partition coefficient (Wildman–Crippen LogP) is 2.57. The summed E-state index contributed by atoms with van der Waals surface area (Å²) in [5, 5.41) is 8.71. The van der Waals surface area contributed by atoms with Crippen LogP contribution in [0.25, 0.3) is 0 Å². The Bertz CT molecular complexity index is 565. The summed E-state index contributed by atoms with van der Waals surface area (Å²) in [6.07, 6.45) is 1.58. The summed E-state index contributed by atoms with van der Waals surface area (Å²) in [6, 6.07) is 5.24. The van der Waals surface area contributed by atoms with Gasteiger partial charge in [-0.05, 0) is 12.1 Å². The predicted molar refractivity (Wildman–Crippen MR) is 73.0 cm³/mol. The molecule has 1 atom stereocenters. The highest BCUT2D eigenvalue weighted by Crippen LogP contribution is 2.25. The largest absolute Gasteiger partial charge is 0.320 e. The van der Waals surface area contributed by atoms with Crippen LogP contribution in [-0.4, -0.2) is 19.0 Å². The minimum atomic E-state index is -1.12. The number of hydrogen-bond donors (Lipinski definition) is 0. The fourth-order valence-electron chi connectivity index (χ4n) is 1.46. The van der Waals surface area contributed by atoms with E-state index >= 15 is 0 Å². The van der Waals surface area contributed by atoms with Gasteiger partial charge in [0.15, 0.2) is 0 Å². The molecular weight excluding hydrogens is 293 g/mol. The molecule has 0 amide bonds. The van der Waals surface area contributed by atoms with E-state index in [2.05, 4.69) is 10.2 Å². The number of nitrogens with zero attached hydrogens (tertiary/aromatic N) is 3. The van der Waals surface area contributed by atoms with Crippen molar-refractivity contribution in [3.8, 4) is 0 Å². The van der Waals surface area contributed by atoms with Gasteiger partial charge < -0.3 is 4.57 Å². The average Bonchev–Trinajstić information content (AvgIpc) is 2.70. The Morgan fingerprint density at radius 1 is 1.28 bits per heavy atom. The van der Waals surface area contributed by atoms with Crippen LogP contribution in [0.5, 0.6) is 0 Å². The van der Waals surface area contributed by atoms with Gasteiger partial charge in [-0.25, -0.2) is 0 Å². The molecule has 1 aromatic carbocycles. The van der Waals surface area contributed by atoms with Gasteiger partial charge in [0.25, 0.3) is 0 Å². The van der Waals surface area contributed by atoms with E-state index in [-0.39, 0.29) is 0 Å². The zero-order valence-corrected chi connectivity index (χ0v) is 12.0. The third kappa shape index (κ3) is 3.10. The molecule has 0 spiro atoms. The molecule has 2 rings (SSSR count). The molecule has 96 valence electrons. The van der Waals surface area contributed by atoms with Crippen molar-refractivity contribution >= 4 is 34.0 Å². The van der Waals surface area contributed by atoms with E-state index in [9.17, 15) is 4.21 Å². The second-order valence-electron chi connectivity index (χ2n) is 3.79. The Hall–Kier alpha value is -0.910. The second-order valence-corrected chi connectivity index (χ2v) is 6.06. The molecule has 4 nitrogen and oxygen atoms in total. The maximum Gasteiger partial charge on any atom is 0.145 e. The quantitative estimate of drug-likeness (QED) is 0.872. The molecule has 0 fully saturated rings. The van der Waals surface area contributed by atoms with E-state index in [4.69, 9.17) is 23.2 Å². The lowest BCUT2D eigenvalue weighted by molar-refractivity contribution is 0.679. The van der Waals surface area contributed by atoms with E-state index in [1.807, 2.05) is 7.05 Å². The third-order valence-electron chi connectivity index (χ3n) is 2.46. The minimum absolute atomic E-state index is 0.311. The van der Waals surface area contributed by atoms with Crippen molar-refractivity contribution < 1.29 is 4.21 Å². The highest BCUT2D eigenvalue weighted by Gasteiger charge is 2.12. The fraction of sp³-hybridized carbons (Fsp3) is 0.273. The van der Waals surface area contributed by atoms with Gasteiger partial charge in [0.2, 0.25) is 0 Å². The van der Waals surface area contributed by atoms with Crippen LogP contribution in [0, 0.1) is 0 Å². The number of aromatic nitrogens is 3. The molecule has 1 heterocycles. The van der Waals surface area contributed by atoms with Gasteiger partial charge >= 0.3 is 0 Å². The van der Waals surface area contributed by atoms with Crippen molar-refractivity contribution in [2.45, 2.75) is 11.5 Å². The van der Waals surface area contributed by atoms with Gasteiger partial charge in [-0.3, -0.25) is 4.21 Å². The zero-order valence-electron chi connectivity index (χ0n) is 9.64. The van der Waals surface area contributed by atoms with Crippen molar-refractivity contribution in [3.05, 3.63) is 46.0 Å². The number of rotatable bonds is 4. The molecule has 0 aliphatic heterocycles. The lowest BCUT2D eigenvalue weighted by atomic mass is 10.2. The fourth-order valence-corrected chi connectivity index (χ4v) is 3.44. The first-order chi connectivity index (χ1) is 8.58. The Morgan fingerprint density at radius 3 is 2.50 bits per heavy atom. The lowest BCUT2D eigenvalue weighted by Crippen LogP contribution is -2.05. The summed E-state index contributed by atoms with van der Waals surface area (Å²) >= 11 is 12.1. The van der Waals surface area contributed by atoms with E-state index in [1.165, 1.54) is 0 Å². The molecule has 0 unspecified atom stereocenters. The van der Waals surface area contributed by atoms with Crippen molar-refractivity contribution in [2.24, 2.45) is 7.05 Å². The Balaban J connectivity index is 2.10. The lowest BCUT2D eigenvalue weighted by Gasteiger charge is -2.06. The number of halogens is 2. The minimum Gasteiger partial charge on any atom is -0.320 e. The monoisotopic (exact) mass is 303 g/mol. The van der Waals surface area contributed by atoms with Crippen LogP contribution in [0.1, 0.15) is 11.4 Å². The van der Waals surface area contributed by atoms with Crippen LogP contribution in [0.2, 0.25) is 10.0 Å². The zero-order chi connectivity index (χ0) is 13.1. The van der Waals surface area contributed by atoms with Crippen molar-refractivity contribution in [2.75, 3.05) is 0 Å². The summed E-state index contributed by atoms with van der Waals surface area (Å²) in [6.45, 7) is 0. The highest BCUT2D eigenvalue weighted by molar-refractivity contribution is 7.83. The topological polar surface area (TPSA) is 47.8 Å². The van der Waals surface area contributed by atoms with Crippen LogP contribution in [0.3, 0.4) is 0 Å². The molecule has 2 aromatic rings. The second kappa shape index (κ2) is 5.82. The Labute approximate surface area is 117 Å². The Kier molecular flexibility index (Phi) is 4.37. The molecule has 0 radical (unpaired) electrons. The van der Waals surface area contributed by atoms with Crippen LogP contribution < -0.4 is 0 Å². The van der Waals surface area contributed by atoms with Crippen molar-refractivity contribution in [3.63, 3.8) is 0 Å². The van der Waals surface area contributed by atoms with Gasteiger partial charge in [0, 0.05) is 33.5 Å². The number of hydrogen-bond acceptors (Lipinski definition) is 3. The maximum atomic E-state index is 12.0. The summed E-state index contributed by atoms with van der Waals surface area (Å²) in [7, 11) is 0.691. The van der Waals surface area contributed by atoms with Gasteiger partial charge in [-0.15, -0.1) is 10.2 Å². The van der Waals surface area contributed by atoms with Crippen LogP contribution in [-0.2, 0) is 29.4 Å². The van der Waals surface area contributed by atoms with Crippen LogP contribution >= 0.6 is 23.2 Å². The van der Waals surface area contributed by atoms with Gasteiger partial charge in [-0.2, -0.15) is 0 Å². The number of benzene rings is 1. The summed E-state index contributed by atoms with van der Waals surface area (Å²) in [4.78, 5) is 0. The van der Waals surface area contributed by atoms with Gasteiger partial charge in [-0.1, -0.05) is 29.3 Å². The number of aryl methyl sites for hydroxylation is 1. The van der Waals surface area contributed by atoms with E-state index in [0.717, 1.165) is 0 Å². The van der Waals surface area contributed by atoms with Crippen LogP contribution in [0.15, 0.2) is 24.5 Å². The Morgan fingerprint density at radius 2 is 1.94 bits per heavy atom. The van der Waals surface area contributed by atoms with Gasteiger partial charge in [0.05, 0.1) is 11.5 Å². The molecule has 7 heteroatoms. The summed E-state index contributed by atoms with van der Waals surface area (Å²) in [5.74, 6) is 1.32. The third-order valence-corrected chi connectivity index (χ3v) is 4.36. The highest BCUT2D eigenvalue weighted by atomic mass is 35.5. The van der Waals surface area contributed by atoms with Crippen LogP contribution in [0.4, 0.5) is 0 Å². The first kappa shape index (κ1) is 13.5. The summed E-state index contributed by atoms with van der Waals surface area (Å²) < 4.78 is 13.8. The molecule has 0 bridgehead atoms. The first-order valence-electron chi connectivity index (χ1n) is 5.18. The average molecular weight is 304 g/mol. The molecule has 18 heavy (non-hydrogen) atoms.